The zero-order chi connectivity index (χ0) is 9.72. The molecule has 0 spiro atoms. The van der Waals surface area contributed by atoms with Gasteiger partial charge in [0.15, 0.2) is 0 Å². The smallest absolute Gasteiger partial charge is 0.304 e. The van der Waals surface area contributed by atoms with Crippen molar-refractivity contribution in [2.75, 3.05) is 0 Å². The maximum Gasteiger partial charge on any atom is 0.304 e. The van der Waals surface area contributed by atoms with Gasteiger partial charge in [0.25, 0.3) is 0 Å². The molecule has 5 heteroatoms. The summed E-state index contributed by atoms with van der Waals surface area (Å²) < 4.78 is 0. The van der Waals surface area contributed by atoms with E-state index in [1.54, 1.807) is 6.92 Å². The number of primary amides is 1. The van der Waals surface area contributed by atoms with Crippen LogP contribution in [0.5, 0.6) is 0 Å². The minimum Gasteiger partial charge on any atom is -0.481 e. The molecule has 0 saturated carbocycles. The lowest BCUT2D eigenvalue weighted by molar-refractivity contribution is -0.137. The van der Waals surface area contributed by atoms with Crippen molar-refractivity contribution in [1.82, 2.24) is 0 Å². The van der Waals surface area contributed by atoms with Crippen molar-refractivity contribution in [3.63, 3.8) is 0 Å². The number of aliphatic carboxylic acids is 1. The Kier molecular flexibility index (Phi) is 4.28. The quantitative estimate of drug-likeness (QED) is 0.512. The molecule has 0 rings (SSSR count). The van der Waals surface area contributed by atoms with Crippen molar-refractivity contribution < 1.29 is 14.7 Å². The van der Waals surface area contributed by atoms with E-state index in [1.165, 1.54) is 0 Å². The van der Waals surface area contributed by atoms with Gasteiger partial charge in [0, 0.05) is 12.0 Å². The van der Waals surface area contributed by atoms with Gasteiger partial charge in [-0.1, -0.05) is 6.92 Å². The predicted octanol–water partition coefficient (Wildman–Crippen LogP) is -0.700. The lowest BCUT2D eigenvalue weighted by Gasteiger charge is -2.12. The lowest BCUT2D eigenvalue weighted by atomic mass is 10.00. The van der Waals surface area contributed by atoms with Crippen molar-refractivity contribution in [3.8, 4) is 0 Å². The molecule has 0 aliphatic heterocycles. The summed E-state index contributed by atoms with van der Waals surface area (Å²) in [6.45, 7) is 1.63. The zero-order valence-electron chi connectivity index (χ0n) is 6.99. The van der Waals surface area contributed by atoms with Crippen molar-refractivity contribution in [2.24, 2.45) is 17.4 Å². The van der Waals surface area contributed by atoms with Gasteiger partial charge in [-0.3, -0.25) is 9.59 Å². The summed E-state index contributed by atoms with van der Waals surface area (Å²) in [5, 5.41) is 8.34. The Balaban J connectivity index is 3.76. The van der Waals surface area contributed by atoms with E-state index >= 15 is 0 Å². The number of carbonyl (C=O) groups is 2. The zero-order valence-corrected chi connectivity index (χ0v) is 6.99. The van der Waals surface area contributed by atoms with Gasteiger partial charge < -0.3 is 16.6 Å². The van der Waals surface area contributed by atoms with Crippen molar-refractivity contribution in [3.05, 3.63) is 0 Å². The Bertz CT molecular complexity index is 181. The first kappa shape index (κ1) is 10.9. The van der Waals surface area contributed by atoms with E-state index in [0.29, 0.717) is 6.42 Å². The predicted molar refractivity (Wildman–Crippen MR) is 43.2 cm³/mol. The minimum atomic E-state index is -0.959. The van der Waals surface area contributed by atoms with Crippen LogP contribution in [0.3, 0.4) is 0 Å². The van der Waals surface area contributed by atoms with E-state index in [4.69, 9.17) is 16.6 Å². The van der Waals surface area contributed by atoms with Crippen LogP contribution in [0.4, 0.5) is 0 Å². The number of carbonyl (C=O) groups excluding carboxylic acids is 1. The van der Waals surface area contributed by atoms with Crippen LogP contribution in [0.15, 0.2) is 0 Å². The molecule has 2 atom stereocenters. The van der Waals surface area contributed by atoms with Crippen LogP contribution >= 0.6 is 0 Å². The summed E-state index contributed by atoms with van der Waals surface area (Å²) >= 11 is 0. The van der Waals surface area contributed by atoms with Crippen LogP contribution < -0.4 is 11.5 Å². The fourth-order valence-electron chi connectivity index (χ4n) is 0.878. The van der Waals surface area contributed by atoms with Gasteiger partial charge in [-0.15, -0.1) is 0 Å². The first-order chi connectivity index (χ1) is 5.43. The monoisotopic (exact) mass is 174 g/mol. The summed E-state index contributed by atoms with van der Waals surface area (Å²) in [6, 6.07) is -0.495. The van der Waals surface area contributed by atoms with E-state index in [-0.39, 0.29) is 12.3 Å². The Morgan fingerprint density at radius 3 is 2.33 bits per heavy atom. The molecule has 0 aromatic rings. The normalized spacial score (nSPS) is 15.2. The van der Waals surface area contributed by atoms with Gasteiger partial charge in [-0.05, 0) is 6.42 Å². The number of carboxylic acid groups (broad SMARTS) is 1. The topological polar surface area (TPSA) is 106 Å². The van der Waals surface area contributed by atoms with E-state index in [0.717, 1.165) is 0 Å². The van der Waals surface area contributed by atoms with E-state index in [2.05, 4.69) is 0 Å². The second kappa shape index (κ2) is 4.71. The average molecular weight is 174 g/mol. The minimum absolute atomic E-state index is 0.127. The summed E-state index contributed by atoms with van der Waals surface area (Å²) in [6.07, 6.45) is 0.194. The molecule has 0 fully saturated rings. The molecule has 0 radical (unpaired) electrons. The molecule has 70 valence electrons. The maximum absolute atomic E-state index is 10.5. The molecule has 0 bridgehead atoms. The fourth-order valence-corrected chi connectivity index (χ4v) is 0.878. The van der Waals surface area contributed by atoms with Crippen molar-refractivity contribution in [1.29, 1.82) is 0 Å². The van der Waals surface area contributed by atoms with Crippen LogP contribution in [-0.4, -0.2) is 23.0 Å². The number of hydrogen-bond donors (Lipinski definition) is 3. The number of amides is 1. The SMILES string of the molecule is CC(CC(N)CC(=O)O)C(N)=O. The Morgan fingerprint density at radius 1 is 1.50 bits per heavy atom. The first-order valence-corrected chi connectivity index (χ1v) is 3.70. The highest BCUT2D eigenvalue weighted by Crippen LogP contribution is 2.05. The third-order valence-electron chi connectivity index (χ3n) is 1.58. The third-order valence-corrected chi connectivity index (χ3v) is 1.58. The fraction of sp³-hybridized carbons (Fsp3) is 0.714. The van der Waals surface area contributed by atoms with Gasteiger partial charge in [-0.25, -0.2) is 0 Å². The highest BCUT2D eigenvalue weighted by Gasteiger charge is 2.15. The summed E-state index contributed by atoms with van der Waals surface area (Å²) in [4.78, 5) is 20.7. The molecule has 1 amide bonds. The van der Waals surface area contributed by atoms with Gasteiger partial charge in [0.1, 0.15) is 0 Å². The first-order valence-electron chi connectivity index (χ1n) is 3.70. The number of carboxylic acids is 1. The molecule has 0 saturated heterocycles. The van der Waals surface area contributed by atoms with Gasteiger partial charge >= 0.3 is 5.97 Å². The third kappa shape index (κ3) is 4.68. The molecular formula is C7H14N2O3. The number of rotatable bonds is 5. The molecule has 0 heterocycles. The Morgan fingerprint density at radius 2 is 2.00 bits per heavy atom. The van der Waals surface area contributed by atoms with Crippen LogP contribution in [0.25, 0.3) is 0 Å². The molecule has 0 aliphatic carbocycles. The highest BCUT2D eigenvalue weighted by molar-refractivity contribution is 5.76. The molecular weight excluding hydrogens is 160 g/mol. The van der Waals surface area contributed by atoms with E-state index in [9.17, 15) is 9.59 Å². The summed E-state index contributed by atoms with van der Waals surface area (Å²) in [5.41, 5.74) is 10.4. The largest absolute Gasteiger partial charge is 0.481 e. The van der Waals surface area contributed by atoms with Crippen LogP contribution in [0.2, 0.25) is 0 Å². The Hall–Kier alpha value is -1.10. The van der Waals surface area contributed by atoms with Crippen LogP contribution in [-0.2, 0) is 9.59 Å². The second-order valence-corrected chi connectivity index (χ2v) is 2.90. The van der Waals surface area contributed by atoms with Gasteiger partial charge in [0.05, 0.1) is 6.42 Å². The van der Waals surface area contributed by atoms with Gasteiger partial charge in [-0.2, -0.15) is 0 Å². The summed E-state index contributed by atoms with van der Waals surface area (Å²) in [5.74, 6) is -1.77. The molecule has 0 aliphatic rings. The van der Waals surface area contributed by atoms with E-state index in [1.807, 2.05) is 0 Å². The van der Waals surface area contributed by atoms with Crippen molar-refractivity contribution in [2.45, 2.75) is 25.8 Å². The molecule has 0 aromatic heterocycles. The lowest BCUT2D eigenvalue weighted by Crippen LogP contribution is -2.31. The highest BCUT2D eigenvalue weighted by atomic mass is 16.4. The molecule has 2 unspecified atom stereocenters. The molecule has 5 nitrogen and oxygen atoms in total. The van der Waals surface area contributed by atoms with Crippen molar-refractivity contribution >= 4 is 11.9 Å². The van der Waals surface area contributed by atoms with Crippen LogP contribution in [0, 0.1) is 5.92 Å². The van der Waals surface area contributed by atoms with E-state index < -0.39 is 17.9 Å². The average Bonchev–Trinajstić information content (AvgIpc) is 1.84. The van der Waals surface area contributed by atoms with Gasteiger partial charge in [0.2, 0.25) is 5.91 Å². The second-order valence-electron chi connectivity index (χ2n) is 2.90. The maximum atomic E-state index is 10.5. The number of nitrogens with two attached hydrogens (primary N) is 2. The summed E-state index contributed by atoms with van der Waals surface area (Å²) in [7, 11) is 0. The number of hydrogen-bond acceptors (Lipinski definition) is 3. The molecule has 0 aromatic carbocycles. The van der Waals surface area contributed by atoms with Crippen LogP contribution in [0.1, 0.15) is 19.8 Å². The molecule has 12 heavy (non-hydrogen) atoms. The molecule has 5 N–H and O–H groups in total. The Labute approximate surface area is 70.7 Å². The standard InChI is InChI=1S/C7H14N2O3/c1-4(7(9)12)2-5(8)3-6(10)11/h4-5H,2-3,8H2,1H3,(H2,9,12)(H,10,11).